The Bertz CT molecular complexity index is 722. The molecule has 10 heteroatoms. The van der Waals surface area contributed by atoms with E-state index < -0.39 is 31.4 Å². The van der Waals surface area contributed by atoms with Gasteiger partial charge in [-0.1, -0.05) is 0 Å². The van der Waals surface area contributed by atoms with Crippen molar-refractivity contribution in [1.82, 2.24) is 0 Å². The first-order valence-electron chi connectivity index (χ1n) is 6.14. The third-order valence-corrected chi connectivity index (χ3v) is 6.14. The summed E-state index contributed by atoms with van der Waals surface area (Å²) in [5.41, 5.74) is -0.246. The van der Waals surface area contributed by atoms with Crippen LogP contribution in [0, 0.1) is 20.2 Å². The van der Waals surface area contributed by atoms with Crippen molar-refractivity contribution in [2.45, 2.75) is 9.79 Å². The predicted octanol–water partition coefficient (Wildman–Crippen LogP) is 2.38. The van der Waals surface area contributed by atoms with Crippen LogP contribution in [0.3, 0.4) is 0 Å². The van der Waals surface area contributed by atoms with Crippen molar-refractivity contribution in [3.8, 4) is 0 Å². The van der Waals surface area contributed by atoms with Crippen molar-refractivity contribution >= 4 is 33.0 Å². The summed E-state index contributed by atoms with van der Waals surface area (Å²) in [7, 11) is -3.21. The molecule has 2 aromatic rings. The van der Waals surface area contributed by atoms with E-state index in [1.165, 1.54) is 48.5 Å². The van der Waals surface area contributed by atoms with Crippen LogP contribution in [0.4, 0.5) is 11.4 Å². The molecule has 0 amide bonds. The first-order chi connectivity index (χ1) is 10.9. The first-order valence-corrected chi connectivity index (χ1v) is 8.78. The molecular formula is C13H10N2O6S2. The van der Waals surface area contributed by atoms with Gasteiger partial charge in [-0.25, -0.2) is 0 Å². The van der Waals surface area contributed by atoms with Gasteiger partial charge in [-0.15, -0.1) is 0 Å². The maximum atomic E-state index is 12.1. The van der Waals surface area contributed by atoms with Gasteiger partial charge in [-0.3, -0.25) is 28.6 Å². The lowest BCUT2D eigenvalue weighted by Gasteiger charge is -2.03. The lowest BCUT2D eigenvalue weighted by atomic mass is 10.3. The molecule has 120 valence electrons. The van der Waals surface area contributed by atoms with Gasteiger partial charge in [0.15, 0.2) is 0 Å². The van der Waals surface area contributed by atoms with Crippen LogP contribution in [0.2, 0.25) is 0 Å². The molecule has 0 N–H and O–H groups in total. The van der Waals surface area contributed by atoms with Gasteiger partial charge in [0.1, 0.15) is 5.08 Å². The zero-order valence-electron chi connectivity index (χ0n) is 11.5. The molecule has 2 rings (SSSR count). The average molecular weight is 354 g/mol. The van der Waals surface area contributed by atoms with E-state index in [4.69, 9.17) is 0 Å². The molecule has 0 spiro atoms. The molecule has 0 saturated heterocycles. The summed E-state index contributed by atoms with van der Waals surface area (Å²) in [6.07, 6.45) is 0. The molecule has 0 aliphatic heterocycles. The molecule has 2 aromatic carbocycles. The van der Waals surface area contributed by atoms with E-state index in [1.54, 1.807) is 0 Å². The summed E-state index contributed by atoms with van der Waals surface area (Å²) in [5, 5.41) is 20.9. The Balaban J connectivity index is 2.08. The Morgan fingerprint density at radius 3 is 1.26 bits per heavy atom. The summed E-state index contributed by atoms with van der Waals surface area (Å²) in [6, 6.07) is 10.3. The maximum absolute atomic E-state index is 12.1. The van der Waals surface area contributed by atoms with Crippen molar-refractivity contribution in [3.63, 3.8) is 0 Å². The van der Waals surface area contributed by atoms with Crippen LogP contribution in [0.25, 0.3) is 0 Å². The van der Waals surface area contributed by atoms with Crippen molar-refractivity contribution in [1.29, 1.82) is 0 Å². The van der Waals surface area contributed by atoms with Crippen LogP contribution in [-0.2, 0) is 21.6 Å². The minimum atomic E-state index is -1.61. The quantitative estimate of drug-likeness (QED) is 0.580. The second kappa shape index (κ2) is 7.20. The Hall–Kier alpha value is -2.46. The second-order valence-corrected chi connectivity index (χ2v) is 7.58. The van der Waals surface area contributed by atoms with Crippen molar-refractivity contribution < 1.29 is 18.3 Å². The molecule has 0 heterocycles. The summed E-state index contributed by atoms with van der Waals surface area (Å²) < 4.78 is 24.2. The monoisotopic (exact) mass is 354 g/mol. The number of benzene rings is 2. The fraction of sp³-hybridized carbons (Fsp3) is 0.0769. The highest BCUT2D eigenvalue weighted by Gasteiger charge is 2.14. The van der Waals surface area contributed by atoms with Gasteiger partial charge >= 0.3 is 0 Å². The topological polar surface area (TPSA) is 120 Å². The Labute approximate surface area is 135 Å². The second-order valence-electron chi connectivity index (χ2n) is 4.31. The Morgan fingerprint density at radius 1 is 0.696 bits per heavy atom. The standard InChI is InChI=1S/C13H10N2O6S2/c16-14(17)10-1-5-12(6-2-10)22(20)9-23(21)13-7-3-11(4-8-13)15(18)19/h1-8H,9H2/t22-,23-/m1/s1. The number of hydrogen-bond donors (Lipinski definition) is 0. The lowest BCUT2D eigenvalue weighted by Crippen LogP contribution is -2.05. The molecule has 0 fully saturated rings. The van der Waals surface area contributed by atoms with Gasteiger partial charge in [0.2, 0.25) is 0 Å². The van der Waals surface area contributed by atoms with Crippen molar-refractivity contribution in [3.05, 3.63) is 68.8 Å². The molecule has 0 aliphatic rings. The smallest absolute Gasteiger partial charge is 0.258 e. The zero-order chi connectivity index (χ0) is 17.0. The van der Waals surface area contributed by atoms with Gasteiger partial charge < -0.3 is 0 Å². The molecule has 0 aromatic heterocycles. The fourth-order valence-electron chi connectivity index (χ4n) is 1.67. The first kappa shape index (κ1) is 16.9. The molecule has 0 radical (unpaired) electrons. The summed E-state index contributed by atoms with van der Waals surface area (Å²) in [4.78, 5) is 20.6. The number of non-ortho nitro benzene ring substituents is 2. The third kappa shape index (κ3) is 4.27. The Morgan fingerprint density at radius 2 is 1.00 bits per heavy atom. The molecule has 0 bridgehead atoms. The highest BCUT2D eigenvalue weighted by atomic mass is 32.2. The van der Waals surface area contributed by atoms with E-state index in [9.17, 15) is 28.6 Å². The SMILES string of the molecule is O=[N+]([O-])c1ccc([S@](=O)C[S@@](=O)c2ccc([N+](=O)[O-])cc2)cc1. The number of nitro groups is 2. The van der Waals surface area contributed by atoms with Crippen LogP contribution in [0.5, 0.6) is 0 Å². The van der Waals surface area contributed by atoms with E-state index in [-0.39, 0.29) is 16.5 Å². The van der Waals surface area contributed by atoms with E-state index in [0.29, 0.717) is 9.79 Å². The van der Waals surface area contributed by atoms with E-state index in [2.05, 4.69) is 0 Å². The molecule has 23 heavy (non-hydrogen) atoms. The number of nitro benzene ring substituents is 2. The van der Waals surface area contributed by atoms with Crippen LogP contribution in [0.1, 0.15) is 0 Å². The van der Waals surface area contributed by atoms with Gasteiger partial charge in [0.25, 0.3) is 11.4 Å². The largest absolute Gasteiger partial charge is 0.269 e. The van der Waals surface area contributed by atoms with Crippen LogP contribution >= 0.6 is 0 Å². The maximum Gasteiger partial charge on any atom is 0.269 e. The minimum absolute atomic E-state index is 0.123. The Kier molecular flexibility index (Phi) is 5.29. The van der Waals surface area contributed by atoms with Crippen molar-refractivity contribution in [2.75, 3.05) is 5.08 Å². The van der Waals surface area contributed by atoms with Crippen molar-refractivity contribution in [2.24, 2.45) is 0 Å². The highest BCUT2D eigenvalue weighted by molar-refractivity contribution is 8.01. The third-order valence-electron chi connectivity index (χ3n) is 2.83. The van der Waals surface area contributed by atoms with Crippen LogP contribution in [-0.4, -0.2) is 23.3 Å². The molecule has 0 aliphatic carbocycles. The van der Waals surface area contributed by atoms with E-state index in [1.807, 2.05) is 0 Å². The number of hydrogen-bond acceptors (Lipinski definition) is 6. The molecular weight excluding hydrogens is 344 g/mol. The molecule has 2 atom stereocenters. The summed E-state index contributed by atoms with van der Waals surface area (Å²) >= 11 is 0. The fourth-order valence-corrected chi connectivity index (χ4v) is 4.42. The normalized spacial score (nSPS) is 13.2. The van der Waals surface area contributed by atoms with E-state index in [0.717, 1.165) is 0 Å². The minimum Gasteiger partial charge on any atom is -0.258 e. The lowest BCUT2D eigenvalue weighted by molar-refractivity contribution is -0.385. The van der Waals surface area contributed by atoms with Gasteiger partial charge in [0, 0.05) is 34.1 Å². The molecule has 0 saturated carbocycles. The number of nitrogens with zero attached hydrogens (tertiary/aromatic N) is 2. The molecule has 8 nitrogen and oxygen atoms in total. The zero-order valence-corrected chi connectivity index (χ0v) is 13.1. The summed E-state index contributed by atoms with van der Waals surface area (Å²) in [5.74, 6) is 0. The van der Waals surface area contributed by atoms with Gasteiger partial charge in [0.05, 0.1) is 31.4 Å². The number of rotatable bonds is 6. The van der Waals surface area contributed by atoms with Gasteiger partial charge in [-0.05, 0) is 24.3 Å². The average Bonchev–Trinajstić information content (AvgIpc) is 2.54. The van der Waals surface area contributed by atoms with Crippen LogP contribution < -0.4 is 0 Å². The summed E-state index contributed by atoms with van der Waals surface area (Å²) in [6.45, 7) is 0. The van der Waals surface area contributed by atoms with E-state index >= 15 is 0 Å². The highest BCUT2D eigenvalue weighted by Crippen LogP contribution is 2.18. The predicted molar refractivity (Wildman–Crippen MR) is 83.9 cm³/mol. The van der Waals surface area contributed by atoms with Gasteiger partial charge in [-0.2, -0.15) is 0 Å². The van der Waals surface area contributed by atoms with Crippen LogP contribution in [0.15, 0.2) is 58.3 Å². The molecule has 0 unspecified atom stereocenters.